The summed E-state index contributed by atoms with van der Waals surface area (Å²) in [4.78, 5) is 31.9. The lowest BCUT2D eigenvalue weighted by Crippen LogP contribution is -2.24. The highest BCUT2D eigenvalue weighted by Crippen LogP contribution is 2.36. The van der Waals surface area contributed by atoms with Crippen molar-refractivity contribution in [2.75, 3.05) is 5.73 Å². The summed E-state index contributed by atoms with van der Waals surface area (Å²) in [6.07, 6.45) is 1.50. The van der Waals surface area contributed by atoms with Crippen LogP contribution in [0.2, 0.25) is 0 Å². The fraction of sp³-hybridized carbons (Fsp3) is 0.333. The molecule has 0 fully saturated rings. The normalized spacial score (nSPS) is 13.9. The molecule has 1 aromatic rings. The minimum Gasteiger partial charge on any atom is -0.389 e. The van der Waals surface area contributed by atoms with Gasteiger partial charge in [0, 0.05) is 18.6 Å². The van der Waals surface area contributed by atoms with Gasteiger partial charge in [0.1, 0.15) is 5.82 Å². The van der Waals surface area contributed by atoms with Crippen LogP contribution in [0.15, 0.2) is 29.0 Å². The highest BCUT2D eigenvalue weighted by atomic mass is 31.2. The van der Waals surface area contributed by atoms with Crippen LogP contribution in [-0.2, 0) is 11.1 Å². The van der Waals surface area contributed by atoms with Gasteiger partial charge in [-0.2, -0.15) is 4.98 Å². The smallest absolute Gasteiger partial charge is 0.349 e. The van der Waals surface area contributed by atoms with E-state index in [1.165, 1.54) is 16.8 Å². The zero-order valence-corrected chi connectivity index (χ0v) is 10.3. The van der Waals surface area contributed by atoms with Gasteiger partial charge in [0.25, 0.3) is 0 Å². The van der Waals surface area contributed by atoms with E-state index in [-0.39, 0.29) is 18.8 Å². The van der Waals surface area contributed by atoms with Gasteiger partial charge in [-0.1, -0.05) is 0 Å². The summed E-state index contributed by atoms with van der Waals surface area (Å²) in [6.45, 7) is 0.165. The van der Waals surface area contributed by atoms with E-state index >= 15 is 0 Å². The summed E-state index contributed by atoms with van der Waals surface area (Å²) in [5.41, 5.74) is 4.77. The minimum absolute atomic E-state index is 0.109. The molecule has 0 saturated heterocycles. The van der Waals surface area contributed by atoms with Gasteiger partial charge < -0.3 is 20.6 Å². The molecule has 0 aliphatic heterocycles. The minimum atomic E-state index is -4.27. The zero-order valence-electron chi connectivity index (χ0n) is 9.38. The molecule has 0 saturated carbocycles. The third kappa shape index (κ3) is 5.24. The van der Waals surface area contributed by atoms with Crippen molar-refractivity contribution < 1.29 is 19.5 Å². The van der Waals surface area contributed by atoms with Crippen LogP contribution >= 0.6 is 7.60 Å². The predicted octanol–water partition coefficient (Wildman–Crippen LogP) is -0.732. The first-order chi connectivity index (χ1) is 8.28. The summed E-state index contributed by atoms with van der Waals surface area (Å²) >= 11 is 0. The summed E-state index contributed by atoms with van der Waals surface area (Å²) in [6, 6.07) is 1.44. The van der Waals surface area contributed by atoms with Gasteiger partial charge in [-0.25, -0.2) is 4.79 Å². The second-order valence-corrected chi connectivity index (χ2v) is 5.09. The first kappa shape index (κ1) is 14.6. The number of aryl methyl sites for hydroxylation is 1. The molecule has 1 atom stereocenters. The Bertz CT molecular complexity index is 535. The largest absolute Gasteiger partial charge is 0.389 e. The van der Waals surface area contributed by atoms with E-state index in [0.29, 0.717) is 5.82 Å². The Morgan fingerprint density at radius 1 is 1.56 bits per heavy atom. The molecule has 0 aliphatic carbocycles. The number of nitrogens with two attached hydrogens (primary N) is 1. The third-order valence-corrected chi connectivity index (χ3v) is 2.62. The van der Waals surface area contributed by atoms with E-state index in [4.69, 9.17) is 15.5 Å². The Balaban J connectivity index is 2.58. The van der Waals surface area contributed by atoms with Crippen molar-refractivity contribution in [2.24, 2.45) is 0 Å². The van der Waals surface area contributed by atoms with E-state index in [1.807, 2.05) is 0 Å². The van der Waals surface area contributed by atoms with Crippen LogP contribution in [-0.4, -0.2) is 30.5 Å². The van der Waals surface area contributed by atoms with E-state index in [1.54, 1.807) is 0 Å². The summed E-state index contributed by atoms with van der Waals surface area (Å²) < 4.78 is 11.8. The number of nitrogen functional groups attached to an aromatic ring is 1. The summed E-state index contributed by atoms with van der Waals surface area (Å²) in [7, 11) is -4.27. The van der Waals surface area contributed by atoms with Crippen molar-refractivity contribution in [2.45, 2.75) is 19.1 Å². The van der Waals surface area contributed by atoms with Crippen LogP contribution in [0.5, 0.6) is 0 Å². The van der Waals surface area contributed by atoms with E-state index in [9.17, 15) is 14.5 Å². The molecule has 0 aromatic carbocycles. The Kier molecular flexibility index (Phi) is 4.80. The van der Waals surface area contributed by atoms with Gasteiger partial charge in [-0.3, -0.25) is 9.13 Å². The summed E-state index contributed by atoms with van der Waals surface area (Å²) in [5, 5.41) is 9.43. The maximum Gasteiger partial charge on any atom is 0.349 e. The van der Waals surface area contributed by atoms with E-state index in [0.717, 1.165) is 6.08 Å². The van der Waals surface area contributed by atoms with Gasteiger partial charge in [0.05, 0.1) is 6.10 Å². The van der Waals surface area contributed by atoms with Crippen molar-refractivity contribution in [3.63, 3.8) is 0 Å². The van der Waals surface area contributed by atoms with Gasteiger partial charge in [0.15, 0.2) is 0 Å². The molecule has 0 aliphatic rings. The molecule has 9 heteroatoms. The Hall–Kier alpha value is -1.47. The SMILES string of the molecule is Nc1ccn(CCC(O)/C=C/P(=O)(O)O)c(=O)n1. The number of hydrogen-bond acceptors (Lipinski definition) is 5. The molecule has 0 spiro atoms. The Morgan fingerprint density at radius 3 is 2.78 bits per heavy atom. The van der Waals surface area contributed by atoms with Crippen molar-refractivity contribution >= 4 is 13.4 Å². The van der Waals surface area contributed by atoms with E-state index in [2.05, 4.69) is 4.98 Å². The number of nitrogens with zero attached hydrogens (tertiary/aromatic N) is 2. The second kappa shape index (κ2) is 5.92. The topological polar surface area (TPSA) is 139 Å². The number of anilines is 1. The fourth-order valence-electron chi connectivity index (χ4n) is 1.19. The highest BCUT2D eigenvalue weighted by molar-refractivity contribution is 7.55. The van der Waals surface area contributed by atoms with Gasteiger partial charge in [0.2, 0.25) is 0 Å². The van der Waals surface area contributed by atoms with Gasteiger partial charge in [-0.05, 0) is 18.6 Å². The van der Waals surface area contributed by atoms with E-state index < -0.39 is 19.4 Å². The average molecular weight is 275 g/mol. The van der Waals surface area contributed by atoms with Crippen LogP contribution < -0.4 is 11.4 Å². The molecule has 0 amide bonds. The lowest BCUT2D eigenvalue weighted by atomic mass is 10.2. The van der Waals surface area contributed by atoms with Crippen molar-refractivity contribution in [1.29, 1.82) is 0 Å². The highest BCUT2D eigenvalue weighted by Gasteiger charge is 2.08. The number of aliphatic hydroxyl groups is 1. The van der Waals surface area contributed by atoms with Crippen molar-refractivity contribution in [3.8, 4) is 0 Å². The number of aliphatic hydroxyl groups excluding tert-OH is 1. The number of hydrogen-bond donors (Lipinski definition) is 4. The predicted molar refractivity (Wildman–Crippen MR) is 64.7 cm³/mol. The Labute approximate surface area is 103 Å². The van der Waals surface area contributed by atoms with Crippen LogP contribution in [0, 0.1) is 0 Å². The molecule has 18 heavy (non-hydrogen) atoms. The molecule has 8 nitrogen and oxygen atoms in total. The van der Waals surface area contributed by atoms with Crippen LogP contribution in [0.4, 0.5) is 5.82 Å². The van der Waals surface area contributed by atoms with Crippen LogP contribution in [0.3, 0.4) is 0 Å². The van der Waals surface area contributed by atoms with Crippen LogP contribution in [0.1, 0.15) is 6.42 Å². The third-order valence-electron chi connectivity index (χ3n) is 2.06. The van der Waals surface area contributed by atoms with Crippen LogP contribution in [0.25, 0.3) is 0 Å². The number of rotatable bonds is 5. The molecule has 0 bridgehead atoms. The maximum atomic E-state index is 11.3. The Morgan fingerprint density at radius 2 is 2.22 bits per heavy atom. The molecular formula is C9H14N3O5P. The second-order valence-electron chi connectivity index (χ2n) is 3.62. The number of aromatic nitrogens is 2. The zero-order chi connectivity index (χ0) is 13.8. The fourth-order valence-corrected chi connectivity index (χ4v) is 1.61. The molecule has 5 N–H and O–H groups in total. The van der Waals surface area contributed by atoms with Gasteiger partial charge in [-0.15, -0.1) is 0 Å². The quantitative estimate of drug-likeness (QED) is 0.519. The first-order valence-electron chi connectivity index (χ1n) is 5.03. The van der Waals surface area contributed by atoms with Crippen molar-refractivity contribution in [3.05, 3.63) is 34.6 Å². The van der Waals surface area contributed by atoms with Crippen molar-refractivity contribution in [1.82, 2.24) is 9.55 Å². The lowest BCUT2D eigenvalue weighted by Gasteiger charge is -2.07. The molecular weight excluding hydrogens is 261 g/mol. The molecule has 100 valence electrons. The molecule has 1 rings (SSSR count). The molecule has 1 heterocycles. The molecule has 0 radical (unpaired) electrons. The monoisotopic (exact) mass is 275 g/mol. The van der Waals surface area contributed by atoms with Gasteiger partial charge >= 0.3 is 13.3 Å². The average Bonchev–Trinajstić information content (AvgIpc) is 2.24. The summed E-state index contributed by atoms with van der Waals surface area (Å²) in [5.74, 6) is 0.736. The maximum absolute atomic E-state index is 11.3. The first-order valence-corrected chi connectivity index (χ1v) is 6.72. The molecule has 1 unspecified atom stereocenters. The molecule has 1 aromatic heterocycles. The standard InChI is InChI=1S/C9H14N3O5P/c10-8-2-5-12(9(14)11-8)4-1-7(13)3-6-18(15,16)17/h2-3,5-7,13H,1,4H2,(H2,10,11,14)(H2,15,16,17)/b6-3+. The lowest BCUT2D eigenvalue weighted by molar-refractivity contribution is 0.204.